The number of aromatic amines is 1. The summed E-state index contributed by atoms with van der Waals surface area (Å²) in [5.41, 5.74) is 0. The quantitative estimate of drug-likeness (QED) is 0.735. The molecule has 0 unspecified atom stereocenters. The van der Waals surface area contributed by atoms with Crippen LogP contribution in [0.1, 0.15) is 43.1 Å². The van der Waals surface area contributed by atoms with Crippen molar-refractivity contribution >= 4 is 5.91 Å². The van der Waals surface area contributed by atoms with Gasteiger partial charge in [-0.3, -0.25) is 9.89 Å². The minimum atomic E-state index is -0.203. The molecule has 0 saturated carbocycles. The highest BCUT2D eigenvalue weighted by Crippen LogP contribution is 1.96. The number of nitrogens with one attached hydrogen (secondary N) is 2. The zero-order chi connectivity index (χ0) is 10.4. The molecular weight excluding hydrogens is 180 g/mol. The molecule has 1 aromatic heterocycles. The highest BCUT2D eigenvalue weighted by Gasteiger charge is 2.10. The minimum absolute atomic E-state index is 0.203. The summed E-state index contributed by atoms with van der Waals surface area (Å²) in [4.78, 5) is 15.4. The summed E-state index contributed by atoms with van der Waals surface area (Å²) in [6.45, 7) is 4.72. The van der Waals surface area contributed by atoms with Crippen LogP contribution in [0, 0.1) is 0 Å². The average Bonchev–Trinajstić information content (AvgIpc) is 2.63. The maximum Gasteiger partial charge on any atom is 0.290 e. The zero-order valence-corrected chi connectivity index (χ0v) is 8.63. The van der Waals surface area contributed by atoms with E-state index < -0.39 is 0 Å². The van der Waals surface area contributed by atoms with Gasteiger partial charge in [0.2, 0.25) is 5.82 Å². The summed E-state index contributed by atoms with van der Waals surface area (Å²) in [6, 6.07) is 0. The summed E-state index contributed by atoms with van der Waals surface area (Å²) in [5.74, 6) is 0.807. The number of H-pyrrole nitrogens is 1. The second kappa shape index (κ2) is 5.36. The van der Waals surface area contributed by atoms with Crippen LogP contribution < -0.4 is 5.32 Å². The molecule has 1 aromatic rings. The first-order valence-corrected chi connectivity index (χ1v) is 4.97. The van der Waals surface area contributed by atoms with E-state index in [4.69, 9.17) is 0 Å². The van der Waals surface area contributed by atoms with Crippen LogP contribution in [0.15, 0.2) is 0 Å². The van der Waals surface area contributed by atoms with E-state index in [1.807, 2.05) is 6.92 Å². The maximum atomic E-state index is 11.4. The first kappa shape index (κ1) is 10.7. The van der Waals surface area contributed by atoms with Crippen molar-refractivity contribution in [1.29, 1.82) is 0 Å². The molecule has 0 aliphatic carbocycles. The number of aryl methyl sites for hydroxylation is 1. The van der Waals surface area contributed by atoms with Crippen LogP contribution in [0.25, 0.3) is 0 Å². The van der Waals surface area contributed by atoms with Crippen molar-refractivity contribution in [2.24, 2.45) is 0 Å². The molecule has 0 fully saturated rings. The minimum Gasteiger partial charge on any atom is -0.349 e. The summed E-state index contributed by atoms with van der Waals surface area (Å²) < 4.78 is 0. The lowest BCUT2D eigenvalue weighted by Crippen LogP contribution is -2.25. The molecule has 0 atom stereocenters. The summed E-state index contributed by atoms with van der Waals surface area (Å²) in [5, 5.41) is 9.30. The van der Waals surface area contributed by atoms with Crippen LogP contribution in [0.4, 0.5) is 0 Å². The fraction of sp³-hybridized carbons (Fsp3) is 0.667. The lowest BCUT2D eigenvalue weighted by molar-refractivity contribution is 0.0943. The summed E-state index contributed by atoms with van der Waals surface area (Å²) in [7, 11) is 0. The fourth-order valence-electron chi connectivity index (χ4n) is 1.06. The Morgan fingerprint density at radius 2 is 2.21 bits per heavy atom. The van der Waals surface area contributed by atoms with Gasteiger partial charge in [0.05, 0.1) is 0 Å². The third-order valence-corrected chi connectivity index (χ3v) is 1.76. The van der Waals surface area contributed by atoms with Crippen molar-refractivity contribution in [2.75, 3.05) is 6.54 Å². The molecule has 78 valence electrons. The molecule has 5 heteroatoms. The van der Waals surface area contributed by atoms with Gasteiger partial charge >= 0.3 is 0 Å². The van der Waals surface area contributed by atoms with E-state index in [0.29, 0.717) is 6.54 Å². The second-order valence-electron chi connectivity index (χ2n) is 3.11. The number of nitrogens with zero attached hydrogens (tertiary/aromatic N) is 2. The molecule has 1 rings (SSSR count). The van der Waals surface area contributed by atoms with Gasteiger partial charge in [0.1, 0.15) is 5.82 Å². The summed E-state index contributed by atoms with van der Waals surface area (Å²) in [6.07, 6.45) is 2.73. The van der Waals surface area contributed by atoms with Crippen molar-refractivity contribution < 1.29 is 4.79 Å². The topological polar surface area (TPSA) is 70.7 Å². The number of carbonyl (C=O) groups is 1. The van der Waals surface area contributed by atoms with Gasteiger partial charge in [0.15, 0.2) is 0 Å². The molecule has 2 N–H and O–H groups in total. The molecule has 0 saturated heterocycles. The van der Waals surface area contributed by atoms with E-state index in [1.54, 1.807) is 0 Å². The largest absolute Gasteiger partial charge is 0.349 e. The van der Waals surface area contributed by atoms with E-state index in [2.05, 4.69) is 27.4 Å². The van der Waals surface area contributed by atoms with Crippen molar-refractivity contribution in [3.63, 3.8) is 0 Å². The molecule has 14 heavy (non-hydrogen) atoms. The molecule has 0 aromatic carbocycles. The zero-order valence-electron chi connectivity index (χ0n) is 8.63. The Kier molecular flexibility index (Phi) is 4.10. The average molecular weight is 196 g/mol. The number of hydrogen-bond donors (Lipinski definition) is 2. The first-order valence-electron chi connectivity index (χ1n) is 4.97. The first-order chi connectivity index (χ1) is 6.77. The van der Waals surface area contributed by atoms with Gasteiger partial charge in [-0.1, -0.05) is 13.8 Å². The van der Waals surface area contributed by atoms with Crippen LogP contribution in [0.2, 0.25) is 0 Å². The van der Waals surface area contributed by atoms with Crippen molar-refractivity contribution in [2.45, 2.75) is 33.1 Å². The molecule has 0 aliphatic rings. The van der Waals surface area contributed by atoms with Gasteiger partial charge in [0, 0.05) is 13.0 Å². The van der Waals surface area contributed by atoms with Crippen LogP contribution >= 0.6 is 0 Å². The molecule has 0 radical (unpaired) electrons. The Labute approximate surface area is 83.3 Å². The molecular formula is C9H16N4O. The molecule has 1 heterocycles. The predicted molar refractivity (Wildman–Crippen MR) is 53.0 cm³/mol. The van der Waals surface area contributed by atoms with Gasteiger partial charge in [-0.15, -0.1) is 5.10 Å². The van der Waals surface area contributed by atoms with Gasteiger partial charge < -0.3 is 5.32 Å². The van der Waals surface area contributed by atoms with Crippen LogP contribution in [0.5, 0.6) is 0 Å². The van der Waals surface area contributed by atoms with Crippen molar-refractivity contribution in [3.05, 3.63) is 11.6 Å². The Hall–Kier alpha value is -1.39. The third kappa shape index (κ3) is 2.83. The number of carbonyl (C=O) groups excluding carboxylic acids is 1. The molecule has 1 amide bonds. The van der Waals surface area contributed by atoms with Gasteiger partial charge in [-0.2, -0.15) is 0 Å². The monoisotopic (exact) mass is 196 g/mol. The Morgan fingerprint density at radius 3 is 2.86 bits per heavy atom. The standard InChI is InChI=1S/C9H16N4O/c1-3-5-7-11-8(13-12-7)9(14)10-6-4-2/h3-6H2,1-2H3,(H,10,14)(H,11,12,13). The second-order valence-corrected chi connectivity index (χ2v) is 3.11. The van der Waals surface area contributed by atoms with Gasteiger partial charge in [0.25, 0.3) is 5.91 Å². The van der Waals surface area contributed by atoms with Gasteiger partial charge in [-0.05, 0) is 12.8 Å². The smallest absolute Gasteiger partial charge is 0.290 e. The van der Waals surface area contributed by atoms with E-state index >= 15 is 0 Å². The SMILES string of the molecule is CCCNC(=O)c1n[nH]c(CCC)n1. The van der Waals surface area contributed by atoms with E-state index in [0.717, 1.165) is 25.1 Å². The number of aromatic nitrogens is 3. The summed E-state index contributed by atoms with van der Waals surface area (Å²) >= 11 is 0. The Balaban J connectivity index is 2.53. The number of rotatable bonds is 5. The van der Waals surface area contributed by atoms with Gasteiger partial charge in [-0.25, -0.2) is 4.98 Å². The normalized spacial score (nSPS) is 10.1. The van der Waals surface area contributed by atoms with Crippen LogP contribution in [-0.4, -0.2) is 27.6 Å². The molecule has 5 nitrogen and oxygen atoms in total. The van der Waals surface area contributed by atoms with Crippen LogP contribution in [0.3, 0.4) is 0 Å². The van der Waals surface area contributed by atoms with E-state index in [9.17, 15) is 4.79 Å². The van der Waals surface area contributed by atoms with E-state index in [1.165, 1.54) is 0 Å². The third-order valence-electron chi connectivity index (χ3n) is 1.76. The fourth-order valence-corrected chi connectivity index (χ4v) is 1.06. The lowest BCUT2D eigenvalue weighted by Gasteiger charge is -1.97. The highest BCUT2D eigenvalue weighted by molar-refractivity contribution is 5.90. The maximum absolute atomic E-state index is 11.4. The number of hydrogen-bond acceptors (Lipinski definition) is 3. The van der Waals surface area contributed by atoms with E-state index in [-0.39, 0.29) is 11.7 Å². The van der Waals surface area contributed by atoms with Crippen LogP contribution in [-0.2, 0) is 6.42 Å². The van der Waals surface area contributed by atoms with Crippen molar-refractivity contribution in [1.82, 2.24) is 20.5 Å². The molecule has 0 aliphatic heterocycles. The Morgan fingerprint density at radius 1 is 1.43 bits per heavy atom. The number of amides is 1. The predicted octanol–water partition coefficient (Wildman–Crippen LogP) is 0.897. The lowest BCUT2D eigenvalue weighted by atomic mass is 10.3. The highest BCUT2D eigenvalue weighted by atomic mass is 16.2. The molecule has 0 spiro atoms. The Bertz CT molecular complexity index is 295. The molecule has 0 bridgehead atoms. The van der Waals surface area contributed by atoms with Crippen molar-refractivity contribution in [3.8, 4) is 0 Å².